The standard InChI is InChI=1S/C20H21N3O3/c1-14(12-20(24)25)16-8-10-18(11-9-16)26-13-19-15(2)21-23(22-19)17-6-4-3-5-7-17/h3-11,14H,12-13H2,1-2H3,(H,24,25). The predicted molar refractivity (Wildman–Crippen MR) is 97.5 cm³/mol. The van der Waals surface area contributed by atoms with Gasteiger partial charge in [0.15, 0.2) is 0 Å². The number of carboxylic acids is 1. The molecule has 0 bridgehead atoms. The van der Waals surface area contributed by atoms with Gasteiger partial charge in [-0.1, -0.05) is 37.3 Å². The van der Waals surface area contributed by atoms with Crippen LogP contribution in [-0.4, -0.2) is 26.1 Å². The summed E-state index contributed by atoms with van der Waals surface area (Å²) in [5.41, 5.74) is 3.47. The molecule has 26 heavy (non-hydrogen) atoms. The zero-order valence-corrected chi connectivity index (χ0v) is 14.8. The Kier molecular flexibility index (Phi) is 5.31. The summed E-state index contributed by atoms with van der Waals surface area (Å²) in [5.74, 6) is -0.116. The van der Waals surface area contributed by atoms with E-state index in [1.807, 2.05) is 68.4 Å². The minimum absolute atomic E-state index is 0.0328. The van der Waals surface area contributed by atoms with E-state index >= 15 is 0 Å². The Hall–Kier alpha value is -3.15. The lowest BCUT2D eigenvalue weighted by molar-refractivity contribution is -0.137. The number of aryl methyl sites for hydroxylation is 1. The second-order valence-corrected chi connectivity index (χ2v) is 6.21. The molecule has 0 aliphatic carbocycles. The minimum Gasteiger partial charge on any atom is -0.487 e. The maximum absolute atomic E-state index is 10.8. The van der Waals surface area contributed by atoms with Crippen LogP contribution in [0.3, 0.4) is 0 Å². The van der Waals surface area contributed by atoms with Crippen molar-refractivity contribution in [1.29, 1.82) is 0 Å². The summed E-state index contributed by atoms with van der Waals surface area (Å²) in [6, 6.07) is 17.2. The fourth-order valence-electron chi connectivity index (χ4n) is 2.64. The molecule has 134 valence electrons. The number of para-hydroxylation sites is 1. The largest absolute Gasteiger partial charge is 0.487 e. The zero-order valence-electron chi connectivity index (χ0n) is 14.8. The van der Waals surface area contributed by atoms with Crippen molar-refractivity contribution in [3.63, 3.8) is 0 Å². The van der Waals surface area contributed by atoms with Crippen LogP contribution in [0.15, 0.2) is 54.6 Å². The van der Waals surface area contributed by atoms with E-state index in [2.05, 4.69) is 10.2 Å². The Balaban J connectivity index is 1.64. The zero-order chi connectivity index (χ0) is 18.5. The maximum atomic E-state index is 10.8. The van der Waals surface area contributed by atoms with Gasteiger partial charge in [-0.15, -0.1) is 5.10 Å². The lowest BCUT2D eigenvalue weighted by atomic mass is 9.98. The molecule has 0 fully saturated rings. The lowest BCUT2D eigenvalue weighted by Crippen LogP contribution is -2.03. The molecule has 3 aromatic rings. The molecule has 0 amide bonds. The second-order valence-electron chi connectivity index (χ2n) is 6.21. The van der Waals surface area contributed by atoms with Gasteiger partial charge in [0.2, 0.25) is 0 Å². The van der Waals surface area contributed by atoms with Crippen LogP contribution in [-0.2, 0) is 11.4 Å². The third-order valence-corrected chi connectivity index (χ3v) is 4.17. The van der Waals surface area contributed by atoms with E-state index in [0.717, 1.165) is 22.6 Å². The van der Waals surface area contributed by atoms with Gasteiger partial charge in [0.25, 0.3) is 0 Å². The van der Waals surface area contributed by atoms with Gasteiger partial charge in [-0.3, -0.25) is 4.79 Å². The Morgan fingerprint density at radius 3 is 2.46 bits per heavy atom. The molecule has 0 aliphatic rings. The van der Waals surface area contributed by atoms with Gasteiger partial charge < -0.3 is 9.84 Å². The first-order chi connectivity index (χ1) is 12.5. The molecule has 1 unspecified atom stereocenters. The van der Waals surface area contributed by atoms with Crippen molar-refractivity contribution in [1.82, 2.24) is 15.0 Å². The molecule has 2 aromatic carbocycles. The van der Waals surface area contributed by atoms with E-state index in [-0.39, 0.29) is 12.3 Å². The molecule has 0 saturated carbocycles. The number of hydrogen-bond acceptors (Lipinski definition) is 4. The molecular weight excluding hydrogens is 330 g/mol. The quantitative estimate of drug-likeness (QED) is 0.702. The Labute approximate surface area is 152 Å². The van der Waals surface area contributed by atoms with Crippen LogP contribution in [0.1, 0.15) is 36.2 Å². The number of hydrogen-bond donors (Lipinski definition) is 1. The predicted octanol–water partition coefficient (Wildman–Crippen LogP) is 3.73. The normalized spacial score (nSPS) is 11.9. The molecule has 1 heterocycles. The van der Waals surface area contributed by atoms with E-state index < -0.39 is 5.97 Å². The Morgan fingerprint density at radius 2 is 1.81 bits per heavy atom. The average molecular weight is 351 g/mol. The highest BCUT2D eigenvalue weighted by molar-refractivity contribution is 5.67. The first-order valence-electron chi connectivity index (χ1n) is 8.45. The van der Waals surface area contributed by atoms with E-state index in [1.54, 1.807) is 4.80 Å². The van der Waals surface area contributed by atoms with Gasteiger partial charge in [0.1, 0.15) is 18.1 Å². The number of rotatable bonds is 7. The molecule has 1 aromatic heterocycles. The van der Waals surface area contributed by atoms with Crippen molar-refractivity contribution in [2.24, 2.45) is 0 Å². The van der Waals surface area contributed by atoms with Crippen LogP contribution >= 0.6 is 0 Å². The summed E-state index contributed by atoms with van der Waals surface area (Å²) in [6.45, 7) is 4.12. The molecule has 1 atom stereocenters. The number of aromatic nitrogens is 3. The molecule has 3 rings (SSSR count). The number of carbonyl (C=O) groups is 1. The fourth-order valence-corrected chi connectivity index (χ4v) is 2.64. The van der Waals surface area contributed by atoms with Gasteiger partial charge in [0, 0.05) is 0 Å². The summed E-state index contributed by atoms with van der Waals surface area (Å²) in [7, 11) is 0. The van der Waals surface area contributed by atoms with E-state index in [0.29, 0.717) is 12.4 Å². The number of nitrogens with zero attached hydrogens (tertiary/aromatic N) is 3. The first kappa shape index (κ1) is 17.7. The topological polar surface area (TPSA) is 77.2 Å². The molecule has 0 aliphatic heterocycles. The number of benzene rings is 2. The molecule has 1 N–H and O–H groups in total. The highest BCUT2D eigenvalue weighted by Crippen LogP contribution is 2.22. The van der Waals surface area contributed by atoms with Crippen molar-refractivity contribution in [2.45, 2.75) is 32.8 Å². The van der Waals surface area contributed by atoms with Crippen LogP contribution in [0.4, 0.5) is 0 Å². The Morgan fingerprint density at radius 1 is 1.12 bits per heavy atom. The van der Waals surface area contributed by atoms with Gasteiger partial charge in [-0.05, 0) is 42.7 Å². The summed E-state index contributed by atoms with van der Waals surface area (Å²) in [6.07, 6.45) is 0.113. The number of carboxylic acid groups (broad SMARTS) is 1. The van der Waals surface area contributed by atoms with Crippen LogP contribution in [0.25, 0.3) is 5.69 Å². The minimum atomic E-state index is -0.796. The molecule has 0 radical (unpaired) electrons. The van der Waals surface area contributed by atoms with Crippen LogP contribution in [0.2, 0.25) is 0 Å². The fraction of sp³-hybridized carbons (Fsp3) is 0.250. The van der Waals surface area contributed by atoms with Gasteiger partial charge in [-0.25, -0.2) is 0 Å². The van der Waals surface area contributed by atoms with Crippen molar-refractivity contribution < 1.29 is 14.6 Å². The Bertz CT molecular complexity index is 873. The van der Waals surface area contributed by atoms with Crippen molar-refractivity contribution >= 4 is 5.97 Å². The smallest absolute Gasteiger partial charge is 0.303 e. The van der Waals surface area contributed by atoms with Crippen molar-refractivity contribution in [3.8, 4) is 11.4 Å². The van der Waals surface area contributed by atoms with Gasteiger partial charge in [-0.2, -0.15) is 9.90 Å². The third kappa shape index (κ3) is 4.27. The molecule has 0 saturated heterocycles. The lowest BCUT2D eigenvalue weighted by Gasteiger charge is -2.10. The second kappa shape index (κ2) is 7.82. The molecule has 6 heteroatoms. The van der Waals surface area contributed by atoms with Gasteiger partial charge in [0.05, 0.1) is 17.8 Å². The number of aliphatic carboxylic acids is 1. The van der Waals surface area contributed by atoms with Crippen LogP contribution in [0.5, 0.6) is 5.75 Å². The highest BCUT2D eigenvalue weighted by atomic mass is 16.5. The summed E-state index contributed by atoms with van der Waals surface area (Å²) < 4.78 is 5.81. The highest BCUT2D eigenvalue weighted by Gasteiger charge is 2.11. The number of ether oxygens (including phenoxy) is 1. The SMILES string of the molecule is Cc1nn(-c2ccccc2)nc1COc1ccc(C(C)CC(=O)O)cc1. The molecule has 6 nitrogen and oxygen atoms in total. The molecule has 0 spiro atoms. The van der Waals surface area contributed by atoms with E-state index in [9.17, 15) is 4.79 Å². The van der Waals surface area contributed by atoms with Crippen molar-refractivity contribution in [2.75, 3.05) is 0 Å². The van der Waals surface area contributed by atoms with E-state index in [4.69, 9.17) is 9.84 Å². The summed E-state index contributed by atoms with van der Waals surface area (Å²) in [4.78, 5) is 12.4. The first-order valence-corrected chi connectivity index (χ1v) is 8.45. The monoisotopic (exact) mass is 351 g/mol. The van der Waals surface area contributed by atoms with Crippen molar-refractivity contribution in [3.05, 3.63) is 71.5 Å². The maximum Gasteiger partial charge on any atom is 0.303 e. The average Bonchev–Trinajstić information content (AvgIpc) is 3.01. The van der Waals surface area contributed by atoms with Gasteiger partial charge >= 0.3 is 5.97 Å². The van der Waals surface area contributed by atoms with Crippen LogP contribution in [0, 0.1) is 6.92 Å². The molecular formula is C20H21N3O3. The third-order valence-electron chi connectivity index (χ3n) is 4.17. The van der Waals surface area contributed by atoms with E-state index in [1.165, 1.54) is 0 Å². The van der Waals surface area contributed by atoms with Crippen LogP contribution < -0.4 is 4.74 Å². The summed E-state index contributed by atoms with van der Waals surface area (Å²) >= 11 is 0. The summed E-state index contributed by atoms with van der Waals surface area (Å²) in [5, 5.41) is 17.8.